The molecule has 1 N–H and O–H groups in total. The molecular weight excluding hydrogens is 314 g/mol. The van der Waals surface area contributed by atoms with Crippen LogP contribution in [0.15, 0.2) is 9.85 Å². The number of hydrogen-bond donors (Lipinski definition) is 1. The zero-order chi connectivity index (χ0) is 13.7. The molecule has 0 spiro atoms. The van der Waals surface area contributed by atoms with Crippen molar-refractivity contribution in [3.8, 4) is 0 Å². The van der Waals surface area contributed by atoms with Gasteiger partial charge in [0.1, 0.15) is 0 Å². The minimum Gasteiger partial charge on any atom is -0.395 e. The molecule has 0 saturated carbocycles. The number of hydrogen-bond acceptors (Lipinski definition) is 3. The lowest BCUT2D eigenvalue weighted by molar-refractivity contribution is 0.0627. The van der Waals surface area contributed by atoms with Gasteiger partial charge in [0.15, 0.2) is 0 Å². The van der Waals surface area contributed by atoms with Crippen molar-refractivity contribution in [2.75, 3.05) is 13.2 Å². The molecule has 0 aliphatic rings. The Balaban J connectivity index is 2.94. The van der Waals surface area contributed by atoms with Gasteiger partial charge in [-0.05, 0) is 47.3 Å². The predicted molar refractivity (Wildman–Crippen MR) is 79.2 cm³/mol. The van der Waals surface area contributed by atoms with Crippen molar-refractivity contribution in [1.29, 1.82) is 0 Å². The van der Waals surface area contributed by atoms with Gasteiger partial charge < -0.3 is 10.0 Å². The SMILES string of the molecule is CCC(CC)N(CCO)C(=O)c1cc(C)c(Br)s1. The number of carbonyl (C=O) groups is 1. The minimum atomic E-state index is 0.00771. The van der Waals surface area contributed by atoms with Gasteiger partial charge in [0.05, 0.1) is 15.3 Å². The maximum atomic E-state index is 12.5. The molecule has 0 fully saturated rings. The summed E-state index contributed by atoms with van der Waals surface area (Å²) in [4.78, 5) is 15.0. The summed E-state index contributed by atoms with van der Waals surface area (Å²) in [7, 11) is 0. The highest BCUT2D eigenvalue weighted by molar-refractivity contribution is 9.11. The lowest BCUT2D eigenvalue weighted by Crippen LogP contribution is -2.41. The maximum absolute atomic E-state index is 12.5. The number of thiophene rings is 1. The van der Waals surface area contributed by atoms with Crippen LogP contribution < -0.4 is 0 Å². The molecule has 1 amide bonds. The zero-order valence-electron chi connectivity index (χ0n) is 11.1. The molecule has 0 bridgehead atoms. The van der Waals surface area contributed by atoms with Crippen LogP contribution in [0, 0.1) is 6.92 Å². The van der Waals surface area contributed by atoms with Gasteiger partial charge in [-0.3, -0.25) is 4.79 Å². The molecule has 0 radical (unpaired) electrons. The topological polar surface area (TPSA) is 40.5 Å². The number of nitrogens with zero attached hydrogens (tertiary/aromatic N) is 1. The van der Waals surface area contributed by atoms with Crippen LogP contribution in [-0.4, -0.2) is 35.1 Å². The number of aliphatic hydroxyl groups is 1. The van der Waals surface area contributed by atoms with Crippen LogP contribution >= 0.6 is 27.3 Å². The molecular formula is C13H20BrNO2S. The molecule has 0 aliphatic heterocycles. The van der Waals surface area contributed by atoms with Crippen molar-refractivity contribution in [2.24, 2.45) is 0 Å². The summed E-state index contributed by atoms with van der Waals surface area (Å²) in [5, 5.41) is 9.13. The molecule has 102 valence electrons. The molecule has 5 heteroatoms. The molecule has 0 unspecified atom stereocenters. The number of aryl methyl sites for hydroxylation is 1. The molecule has 1 heterocycles. The highest BCUT2D eigenvalue weighted by Crippen LogP contribution is 2.29. The van der Waals surface area contributed by atoms with E-state index in [0.717, 1.165) is 27.1 Å². The van der Waals surface area contributed by atoms with E-state index in [9.17, 15) is 4.79 Å². The summed E-state index contributed by atoms with van der Waals surface area (Å²) in [6, 6.07) is 2.11. The lowest BCUT2D eigenvalue weighted by Gasteiger charge is -2.29. The van der Waals surface area contributed by atoms with E-state index >= 15 is 0 Å². The van der Waals surface area contributed by atoms with Gasteiger partial charge in [0, 0.05) is 12.6 Å². The molecule has 1 aromatic rings. The normalized spacial score (nSPS) is 11.0. The van der Waals surface area contributed by atoms with Crippen LogP contribution in [0.2, 0.25) is 0 Å². The minimum absolute atomic E-state index is 0.00771. The first kappa shape index (κ1) is 15.7. The Morgan fingerprint density at radius 2 is 2.11 bits per heavy atom. The Labute approximate surface area is 121 Å². The van der Waals surface area contributed by atoms with E-state index in [1.54, 1.807) is 4.90 Å². The van der Waals surface area contributed by atoms with Gasteiger partial charge >= 0.3 is 0 Å². The fourth-order valence-corrected chi connectivity index (χ4v) is 3.48. The van der Waals surface area contributed by atoms with E-state index in [1.807, 2.05) is 13.0 Å². The van der Waals surface area contributed by atoms with Gasteiger partial charge in [-0.25, -0.2) is 0 Å². The molecule has 1 aromatic heterocycles. The van der Waals surface area contributed by atoms with Gasteiger partial charge in [-0.2, -0.15) is 0 Å². The quantitative estimate of drug-likeness (QED) is 0.866. The second-order valence-electron chi connectivity index (χ2n) is 4.26. The van der Waals surface area contributed by atoms with Crippen molar-refractivity contribution in [2.45, 2.75) is 39.7 Å². The predicted octanol–water partition coefficient (Wildman–Crippen LogP) is 3.44. The number of aliphatic hydroxyl groups excluding tert-OH is 1. The first-order valence-corrected chi connectivity index (χ1v) is 7.83. The first-order valence-electron chi connectivity index (χ1n) is 6.22. The van der Waals surface area contributed by atoms with Crippen LogP contribution in [0.4, 0.5) is 0 Å². The van der Waals surface area contributed by atoms with Crippen molar-refractivity contribution in [1.82, 2.24) is 4.90 Å². The Hall–Kier alpha value is -0.390. The highest BCUT2D eigenvalue weighted by Gasteiger charge is 2.23. The van der Waals surface area contributed by atoms with Crippen LogP contribution in [0.25, 0.3) is 0 Å². The van der Waals surface area contributed by atoms with E-state index in [0.29, 0.717) is 6.54 Å². The van der Waals surface area contributed by atoms with Crippen molar-refractivity contribution in [3.63, 3.8) is 0 Å². The Morgan fingerprint density at radius 3 is 2.50 bits per heavy atom. The summed E-state index contributed by atoms with van der Waals surface area (Å²) >= 11 is 4.90. The second kappa shape index (κ2) is 7.26. The maximum Gasteiger partial charge on any atom is 0.264 e. The van der Waals surface area contributed by atoms with Crippen LogP contribution in [0.3, 0.4) is 0 Å². The third-order valence-corrected chi connectivity index (χ3v) is 5.18. The Kier molecular flexibility index (Phi) is 6.32. The van der Waals surface area contributed by atoms with E-state index in [1.165, 1.54) is 11.3 Å². The average molecular weight is 334 g/mol. The molecule has 0 aromatic carbocycles. The highest BCUT2D eigenvalue weighted by atomic mass is 79.9. The summed E-state index contributed by atoms with van der Waals surface area (Å²) in [5.41, 5.74) is 1.08. The number of amides is 1. The molecule has 3 nitrogen and oxygen atoms in total. The summed E-state index contributed by atoms with van der Waals surface area (Å²) in [5.74, 6) is 0.0246. The molecule has 0 saturated heterocycles. The van der Waals surface area contributed by atoms with Crippen molar-refractivity contribution >= 4 is 33.2 Å². The van der Waals surface area contributed by atoms with Crippen LogP contribution in [0.1, 0.15) is 41.9 Å². The number of halogens is 1. The monoisotopic (exact) mass is 333 g/mol. The van der Waals surface area contributed by atoms with Gasteiger partial charge in [-0.1, -0.05) is 13.8 Å². The zero-order valence-corrected chi connectivity index (χ0v) is 13.5. The van der Waals surface area contributed by atoms with E-state index < -0.39 is 0 Å². The largest absolute Gasteiger partial charge is 0.395 e. The number of rotatable bonds is 6. The molecule has 1 rings (SSSR count). The van der Waals surface area contributed by atoms with E-state index in [2.05, 4.69) is 29.8 Å². The smallest absolute Gasteiger partial charge is 0.264 e. The van der Waals surface area contributed by atoms with Gasteiger partial charge in [0.25, 0.3) is 5.91 Å². The standard InChI is InChI=1S/C13H20BrNO2S/c1-4-10(5-2)15(6-7-16)13(17)11-8-9(3)12(14)18-11/h8,10,16H,4-7H2,1-3H3. The van der Waals surface area contributed by atoms with E-state index in [4.69, 9.17) is 5.11 Å². The fourth-order valence-electron chi connectivity index (χ4n) is 1.99. The van der Waals surface area contributed by atoms with Gasteiger partial charge in [0.2, 0.25) is 0 Å². The molecule has 0 atom stereocenters. The second-order valence-corrected chi connectivity index (χ2v) is 6.63. The Morgan fingerprint density at radius 1 is 1.50 bits per heavy atom. The molecule has 18 heavy (non-hydrogen) atoms. The van der Waals surface area contributed by atoms with Crippen molar-refractivity contribution in [3.05, 3.63) is 20.3 Å². The van der Waals surface area contributed by atoms with Gasteiger partial charge in [-0.15, -0.1) is 11.3 Å². The Bertz CT molecular complexity index is 382. The lowest BCUT2D eigenvalue weighted by atomic mass is 10.1. The van der Waals surface area contributed by atoms with Crippen LogP contribution in [0.5, 0.6) is 0 Å². The third kappa shape index (κ3) is 3.56. The fraction of sp³-hybridized carbons (Fsp3) is 0.615. The summed E-state index contributed by atoms with van der Waals surface area (Å²) in [6.45, 7) is 6.53. The molecule has 0 aliphatic carbocycles. The average Bonchev–Trinajstić information content (AvgIpc) is 2.69. The van der Waals surface area contributed by atoms with Crippen LogP contribution in [-0.2, 0) is 0 Å². The summed E-state index contributed by atoms with van der Waals surface area (Å²) < 4.78 is 0.999. The van der Waals surface area contributed by atoms with Crippen molar-refractivity contribution < 1.29 is 9.90 Å². The third-order valence-electron chi connectivity index (χ3n) is 3.05. The first-order chi connectivity index (χ1) is 8.54. The summed E-state index contributed by atoms with van der Waals surface area (Å²) in [6.07, 6.45) is 1.82. The number of carbonyl (C=O) groups excluding carboxylic acids is 1. The van der Waals surface area contributed by atoms with E-state index in [-0.39, 0.29) is 18.6 Å².